The minimum Gasteiger partial charge on any atom is -0.496 e. The summed E-state index contributed by atoms with van der Waals surface area (Å²) in [6.07, 6.45) is 6.24. The van der Waals surface area contributed by atoms with E-state index >= 15 is 0 Å². The number of nitrogens with zero attached hydrogens (tertiary/aromatic N) is 2. The van der Waals surface area contributed by atoms with Gasteiger partial charge in [-0.1, -0.05) is 61.9 Å². The van der Waals surface area contributed by atoms with Crippen molar-refractivity contribution in [2.24, 2.45) is 5.92 Å². The van der Waals surface area contributed by atoms with Gasteiger partial charge in [-0.05, 0) is 109 Å². The van der Waals surface area contributed by atoms with Crippen LogP contribution in [0.4, 0.5) is 0 Å². The summed E-state index contributed by atoms with van der Waals surface area (Å²) in [4.78, 5) is 19.6. The minimum absolute atomic E-state index is 0.134. The standard InChI is InChI=1S/C36H35IN2O2/c1-3-9-27(23-26-11-5-7-15-33(26)41-2)34(40)31-16-17-32(30-14-6-4-12-28(30)24-38)39-35(31)36(20-21-36)19-18-25-10-8-13-29(37)22-25/h4-8,10-17,22,27H,3,9,18-21,23H2,1-2H3. The first-order chi connectivity index (χ1) is 20.0. The maximum absolute atomic E-state index is 14.4. The van der Waals surface area contributed by atoms with E-state index in [4.69, 9.17) is 9.72 Å². The van der Waals surface area contributed by atoms with Gasteiger partial charge >= 0.3 is 0 Å². The molecule has 41 heavy (non-hydrogen) atoms. The van der Waals surface area contributed by atoms with E-state index in [1.807, 2.05) is 54.6 Å². The molecule has 0 radical (unpaired) electrons. The van der Waals surface area contributed by atoms with Crippen LogP contribution in [0.25, 0.3) is 11.3 Å². The van der Waals surface area contributed by atoms with E-state index in [-0.39, 0.29) is 17.1 Å². The predicted molar refractivity (Wildman–Crippen MR) is 172 cm³/mol. The quantitative estimate of drug-likeness (QED) is 0.113. The molecule has 4 nitrogen and oxygen atoms in total. The Kier molecular flexibility index (Phi) is 9.19. The van der Waals surface area contributed by atoms with Gasteiger partial charge in [0, 0.05) is 26.0 Å². The van der Waals surface area contributed by atoms with Crippen molar-refractivity contribution in [1.29, 1.82) is 5.26 Å². The van der Waals surface area contributed by atoms with Crippen LogP contribution in [0.15, 0.2) is 84.9 Å². The number of hydrogen-bond acceptors (Lipinski definition) is 4. The van der Waals surface area contributed by atoms with Crippen molar-refractivity contribution in [3.8, 4) is 23.1 Å². The summed E-state index contributed by atoms with van der Waals surface area (Å²) in [5, 5.41) is 9.77. The summed E-state index contributed by atoms with van der Waals surface area (Å²) in [7, 11) is 1.68. The Morgan fingerprint density at radius 2 is 1.83 bits per heavy atom. The number of rotatable bonds is 12. The summed E-state index contributed by atoms with van der Waals surface area (Å²) < 4.78 is 6.85. The zero-order valence-electron chi connectivity index (χ0n) is 23.7. The highest BCUT2D eigenvalue weighted by atomic mass is 127. The molecule has 1 aliphatic carbocycles. The molecule has 1 fully saturated rings. The number of aromatic nitrogens is 1. The third kappa shape index (κ3) is 6.54. The van der Waals surface area contributed by atoms with E-state index in [1.54, 1.807) is 7.11 Å². The fourth-order valence-corrected chi connectivity index (χ4v) is 6.49. The monoisotopic (exact) mass is 654 g/mol. The van der Waals surface area contributed by atoms with Crippen LogP contribution >= 0.6 is 22.6 Å². The normalized spacial score (nSPS) is 14.2. The lowest BCUT2D eigenvalue weighted by molar-refractivity contribution is 0.0909. The summed E-state index contributed by atoms with van der Waals surface area (Å²) in [5.74, 6) is 0.806. The molecule has 0 amide bonds. The molecule has 1 atom stereocenters. The lowest BCUT2D eigenvalue weighted by atomic mass is 9.82. The van der Waals surface area contributed by atoms with E-state index in [1.165, 1.54) is 9.13 Å². The minimum atomic E-state index is -0.166. The highest BCUT2D eigenvalue weighted by Gasteiger charge is 2.47. The number of nitriles is 1. The average Bonchev–Trinajstić information content (AvgIpc) is 3.80. The summed E-state index contributed by atoms with van der Waals surface area (Å²) >= 11 is 2.36. The first kappa shape index (κ1) is 29.0. The van der Waals surface area contributed by atoms with Gasteiger partial charge < -0.3 is 4.74 Å². The maximum atomic E-state index is 14.4. The lowest BCUT2D eigenvalue weighted by Gasteiger charge is -2.23. The van der Waals surface area contributed by atoms with Crippen molar-refractivity contribution in [3.63, 3.8) is 0 Å². The Morgan fingerprint density at radius 3 is 2.56 bits per heavy atom. The zero-order valence-corrected chi connectivity index (χ0v) is 25.9. The van der Waals surface area contributed by atoms with Crippen LogP contribution in [0.1, 0.15) is 71.8 Å². The van der Waals surface area contributed by atoms with Crippen molar-refractivity contribution in [2.45, 2.75) is 57.3 Å². The van der Waals surface area contributed by atoms with E-state index in [0.29, 0.717) is 12.0 Å². The van der Waals surface area contributed by atoms with E-state index in [2.05, 4.69) is 65.9 Å². The maximum Gasteiger partial charge on any atom is 0.168 e. The number of carbonyl (C=O) groups excluding carboxylic acids is 1. The number of ketones is 1. The van der Waals surface area contributed by atoms with Crippen LogP contribution in [-0.2, 0) is 18.3 Å². The summed E-state index contributed by atoms with van der Waals surface area (Å²) in [6, 6.07) is 30.4. The molecule has 1 unspecified atom stereocenters. The number of Topliss-reactive ketones (excluding diaryl/α,β-unsaturated/α-hetero) is 1. The van der Waals surface area contributed by atoms with Crippen molar-refractivity contribution >= 4 is 28.4 Å². The van der Waals surface area contributed by atoms with Crippen LogP contribution in [-0.4, -0.2) is 17.9 Å². The molecule has 1 aliphatic rings. The van der Waals surface area contributed by atoms with Crippen molar-refractivity contribution in [2.75, 3.05) is 7.11 Å². The highest BCUT2D eigenvalue weighted by molar-refractivity contribution is 14.1. The molecule has 1 saturated carbocycles. The number of carbonyl (C=O) groups is 1. The van der Waals surface area contributed by atoms with Gasteiger partial charge in [-0.2, -0.15) is 5.26 Å². The molecular weight excluding hydrogens is 619 g/mol. The molecule has 3 aromatic carbocycles. The number of benzene rings is 3. The molecule has 208 valence electrons. The number of aryl methyl sites for hydroxylation is 1. The van der Waals surface area contributed by atoms with Crippen LogP contribution in [0.2, 0.25) is 0 Å². The molecule has 0 saturated heterocycles. The SMILES string of the molecule is CCCC(Cc1ccccc1OC)C(=O)c1ccc(-c2ccccc2C#N)nc1C1(CCc2cccc(I)c2)CC1. The first-order valence-electron chi connectivity index (χ1n) is 14.4. The van der Waals surface area contributed by atoms with Gasteiger partial charge in [-0.3, -0.25) is 9.78 Å². The Bertz CT molecular complexity index is 1580. The van der Waals surface area contributed by atoms with Gasteiger partial charge in [-0.15, -0.1) is 0 Å². The zero-order chi connectivity index (χ0) is 28.8. The number of halogens is 1. The van der Waals surface area contributed by atoms with Crippen LogP contribution in [0.3, 0.4) is 0 Å². The Hall–Kier alpha value is -3.50. The van der Waals surface area contributed by atoms with Crippen LogP contribution in [0.5, 0.6) is 5.75 Å². The molecule has 1 heterocycles. The number of para-hydroxylation sites is 1. The van der Waals surface area contributed by atoms with E-state index in [0.717, 1.165) is 72.4 Å². The number of ether oxygens (including phenoxy) is 1. The fraction of sp³-hybridized carbons (Fsp3) is 0.306. The summed E-state index contributed by atoms with van der Waals surface area (Å²) in [6.45, 7) is 2.13. The van der Waals surface area contributed by atoms with Crippen LogP contribution in [0, 0.1) is 20.8 Å². The van der Waals surface area contributed by atoms with Gasteiger partial charge in [0.1, 0.15) is 5.75 Å². The van der Waals surface area contributed by atoms with Gasteiger partial charge in [0.25, 0.3) is 0 Å². The number of hydrogen-bond donors (Lipinski definition) is 0. The van der Waals surface area contributed by atoms with Gasteiger partial charge in [0.15, 0.2) is 5.78 Å². The third-order valence-corrected chi connectivity index (χ3v) is 8.96. The van der Waals surface area contributed by atoms with E-state index < -0.39 is 0 Å². The highest BCUT2D eigenvalue weighted by Crippen LogP contribution is 2.53. The Morgan fingerprint density at radius 1 is 1.05 bits per heavy atom. The van der Waals surface area contributed by atoms with Crippen molar-refractivity contribution < 1.29 is 9.53 Å². The second kappa shape index (κ2) is 13.0. The largest absolute Gasteiger partial charge is 0.496 e. The first-order valence-corrected chi connectivity index (χ1v) is 15.5. The molecule has 1 aromatic heterocycles. The fourth-order valence-electron chi connectivity index (χ4n) is 5.88. The third-order valence-electron chi connectivity index (χ3n) is 8.29. The van der Waals surface area contributed by atoms with Gasteiger partial charge in [0.2, 0.25) is 0 Å². The Balaban J connectivity index is 1.55. The molecule has 0 aliphatic heterocycles. The van der Waals surface area contributed by atoms with Crippen LogP contribution < -0.4 is 4.74 Å². The topological polar surface area (TPSA) is 63.0 Å². The molecule has 5 heteroatoms. The van der Waals surface area contributed by atoms with Crippen molar-refractivity contribution in [3.05, 3.63) is 116 Å². The molecular formula is C36H35IN2O2. The predicted octanol–water partition coefficient (Wildman–Crippen LogP) is 8.74. The van der Waals surface area contributed by atoms with E-state index in [9.17, 15) is 10.1 Å². The second-order valence-corrected chi connectivity index (χ2v) is 12.3. The smallest absolute Gasteiger partial charge is 0.168 e. The average molecular weight is 655 g/mol. The second-order valence-electron chi connectivity index (χ2n) is 11.0. The van der Waals surface area contributed by atoms with Gasteiger partial charge in [0.05, 0.1) is 30.1 Å². The molecule has 0 bridgehead atoms. The number of methoxy groups -OCH3 is 1. The van der Waals surface area contributed by atoms with Crippen molar-refractivity contribution in [1.82, 2.24) is 4.98 Å². The lowest BCUT2D eigenvalue weighted by Crippen LogP contribution is -2.23. The molecule has 5 rings (SSSR count). The molecule has 0 N–H and O–H groups in total. The number of pyridine rings is 1. The molecule has 0 spiro atoms. The molecule has 4 aromatic rings. The summed E-state index contributed by atoms with van der Waals surface area (Å²) in [5.41, 5.74) is 6.02. The van der Waals surface area contributed by atoms with Gasteiger partial charge in [-0.25, -0.2) is 0 Å². The Labute approximate surface area is 256 Å².